The third kappa shape index (κ3) is 3.92. The second-order valence-corrected chi connectivity index (χ2v) is 8.10. The van der Waals surface area contributed by atoms with Gasteiger partial charge in [0.25, 0.3) is 0 Å². The van der Waals surface area contributed by atoms with Gasteiger partial charge in [0.05, 0.1) is 24.4 Å². The molecule has 6 nitrogen and oxygen atoms in total. The number of carbonyl (C=O) groups excluding carboxylic acids is 1. The molecule has 0 unspecified atom stereocenters. The molecular formula is C26H20FN3O3S. The fourth-order valence-electron chi connectivity index (χ4n) is 4.17. The van der Waals surface area contributed by atoms with Gasteiger partial charge in [-0.25, -0.2) is 9.18 Å². The summed E-state index contributed by atoms with van der Waals surface area (Å²) in [7, 11) is 1.34. The molecule has 1 saturated heterocycles. The lowest BCUT2D eigenvalue weighted by molar-refractivity contribution is 0.0601. The van der Waals surface area contributed by atoms with Crippen LogP contribution in [0.4, 0.5) is 10.1 Å². The summed E-state index contributed by atoms with van der Waals surface area (Å²) >= 11 is 5.67. The minimum atomic E-state index is -0.448. The molecule has 4 aromatic rings. The Hall–Kier alpha value is -4.04. The minimum absolute atomic E-state index is 0.311. The molecule has 170 valence electrons. The van der Waals surface area contributed by atoms with Gasteiger partial charge in [0.2, 0.25) is 0 Å². The molecule has 0 aliphatic carbocycles. The molecular weight excluding hydrogens is 453 g/mol. The van der Waals surface area contributed by atoms with E-state index in [1.807, 2.05) is 41.3 Å². The van der Waals surface area contributed by atoms with Crippen LogP contribution in [0.3, 0.4) is 0 Å². The predicted molar refractivity (Wildman–Crippen MR) is 130 cm³/mol. The zero-order valence-corrected chi connectivity index (χ0v) is 19.0. The van der Waals surface area contributed by atoms with E-state index in [1.165, 1.54) is 19.2 Å². The van der Waals surface area contributed by atoms with E-state index in [9.17, 15) is 9.18 Å². The lowest BCUT2D eigenvalue weighted by Crippen LogP contribution is -2.29. The molecule has 0 radical (unpaired) electrons. The summed E-state index contributed by atoms with van der Waals surface area (Å²) in [5.41, 5.74) is 2.53. The number of thiocarbonyl (C=S) groups is 1. The van der Waals surface area contributed by atoms with Crippen LogP contribution in [-0.4, -0.2) is 23.2 Å². The Morgan fingerprint density at radius 1 is 1.06 bits per heavy atom. The van der Waals surface area contributed by atoms with Gasteiger partial charge in [-0.1, -0.05) is 24.3 Å². The summed E-state index contributed by atoms with van der Waals surface area (Å²) in [4.78, 5) is 18.7. The lowest BCUT2D eigenvalue weighted by Gasteiger charge is -2.26. The number of pyridine rings is 1. The van der Waals surface area contributed by atoms with Crippen molar-refractivity contribution in [2.45, 2.75) is 12.1 Å². The van der Waals surface area contributed by atoms with Crippen molar-refractivity contribution in [1.29, 1.82) is 0 Å². The van der Waals surface area contributed by atoms with Crippen LogP contribution in [-0.2, 0) is 4.74 Å². The first kappa shape index (κ1) is 21.8. The van der Waals surface area contributed by atoms with Crippen molar-refractivity contribution < 1.29 is 18.3 Å². The number of hydrogen-bond acceptors (Lipinski definition) is 5. The Balaban J connectivity index is 1.60. The molecule has 5 rings (SSSR count). The maximum absolute atomic E-state index is 13.6. The number of nitrogens with one attached hydrogen (secondary N) is 1. The van der Waals surface area contributed by atoms with Crippen molar-refractivity contribution in [2.24, 2.45) is 0 Å². The molecule has 0 amide bonds. The first-order chi connectivity index (χ1) is 16.6. The van der Waals surface area contributed by atoms with Crippen LogP contribution in [0.5, 0.6) is 0 Å². The normalized spacial score (nSPS) is 17.5. The number of nitrogens with zero attached hydrogens (tertiary/aromatic N) is 2. The van der Waals surface area contributed by atoms with E-state index in [-0.39, 0.29) is 11.9 Å². The SMILES string of the molecule is COC(=O)c1ccccc1-c1ccc([C@H]2[C@@H](c3ccccn3)NC(=S)N2c2ccc(F)cc2)o1. The Bertz CT molecular complexity index is 1340. The van der Waals surface area contributed by atoms with Gasteiger partial charge in [-0.05, 0) is 66.8 Å². The highest BCUT2D eigenvalue weighted by Gasteiger charge is 2.42. The van der Waals surface area contributed by atoms with E-state index < -0.39 is 12.0 Å². The molecule has 2 atom stereocenters. The summed E-state index contributed by atoms with van der Waals surface area (Å²) in [5.74, 6) is 0.352. The Morgan fingerprint density at radius 3 is 2.56 bits per heavy atom. The zero-order valence-electron chi connectivity index (χ0n) is 18.1. The number of ether oxygens (including phenoxy) is 1. The smallest absolute Gasteiger partial charge is 0.338 e. The van der Waals surface area contributed by atoms with Gasteiger partial charge in [-0.2, -0.15) is 0 Å². The summed E-state index contributed by atoms with van der Waals surface area (Å²) in [6.07, 6.45) is 1.72. The van der Waals surface area contributed by atoms with Crippen LogP contribution in [0.1, 0.15) is 33.9 Å². The van der Waals surface area contributed by atoms with E-state index in [0.29, 0.717) is 27.8 Å². The van der Waals surface area contributed by atoms with Gasteiger partial charge in [0.15, 0.2) is 5.11 Å². The quantitative estimate of drug-likeness (QED) is 0.306. The van der Waals surface area contributed by atoms with Crippen molar-refractivity contribution in [1.82, 2.24) is 10.3 Å². The fourth-order valence-corrected chi connectivity index (χ4v) is 4.51. The summed E-state index contributed by atoms with van der Waals surface area (Å²) in [6.45, 7) is 0. The van der Waals surface area contributed by atoms with Crippen LogP contribution in [0.25, 0.3) is 11.3 Å². The van der Waals surface area contributed by atoms with Crippen molar-refractivity contribution in [3.63, 3.8) is 0 Å². The Kier molecular flexibility index (Phi) is 5.81. The molecule has 0 spiro atoms. The van der Waals surface area contributed by atoms with E-state index >= 15 is 0 Å². The highest BCUT2D eigenvalue weighted by atomic mass is 32.1. The van der Waals surface area contributed by atoms with Crippen LogP contribution >= 0.6 is 12.2 Å². The van der Waals surface area contributed by atoms with Crippen molar-refractivity contribution in [3.05, 3.63) is 108 Å². The molecule has 1 aliphatic rings. The van der Waals surface area contributed by atoms with Crippen molar-refractivity contribution >= 4 is 29.0 Å². The summed E-state index contributed by atoms with van der Waals surface area (Å²) in [6, 6.07) is 21.9. The van der Waals surface area contributed by atoms with E-state index in [1.54, 1.807) is 36.5 Å². The van der Waals surface area contributed by atoms with Gasteiger partial charge in [-0.15, -0.1) is 0 Å². The lowest BCUT2D eigenvalue weighted by atomic mass is 10.0. The average Bonchev–Trinajstić information content (AvgIpc) is 3.49. The van der Waals surface area contributed by atoms with Crippen LogP contribution < -0.4 is 10.2 Å². The number of esters is 1. The first-order valence-corrected chi connectivity index (χ1v) is 11.0. The molecule has 3 heterocycles. The van der Waals surface area contributed by atoms with Gasteiger partial charge >= 0.3 is 5.97 Å². The van der Waals surface area contributed by atoms with Gasteiger partial charge in [0.1, 0.15) is 23.4 Å². The highest BCUT2D eigenvalue weighted by molar-refractivity contribution is 7.80. The summed E-state index contributed by atoms with van der Waals surface area (Å²) in [5, 5.41) is 3.81. The molecule has 34 heavy (non-hydrogen) atoms. The third-order valence-electron chi connectivity index (χ3n) is 5.72. The Labute approximate surface area is 201 Å². The van der Waals surface area contributed by atoms with E-state index in [0.717, 1.165) is 11.4 Å². The molecule has 0 bridgehead atoms. The monoisotopic (exact) mass is 473 g/mol. The van der Waals surface area contributed by atoms with Crippen molar-refractivity contribution in [2.75, 3.05) is 12.0 Å². The number of aromatic nitrogens is 1. The number of rotatable bonds is 5. The van der Waals surface area contributed by atoms with Crippen LogP contribution in [0.2, 0.25) is 0 Å². The number of halogens is 1. The standard InChI is InChI=1S/C26H20FN3O3S/c1-32-25(31)19-7-3-2-6-18(19)21-13-14-22(33-21)24-23(20-8-4-5-15-28-20)29-26(34)30(24)17-11-9-16(27)10-12-17/h2-15,23-24H,1H3,(H,29,34)/t23-,24+/m1/s1. The van der Waals surface area contributed by atoms with Gasteiger partial charge in [0, 0.05) is 17.4 Å². The number of carbonyl (C=O) groups is 1. The number of anilines is 1. The van der Waals surface area contributed by atoms with Crippen LogP contribution in [0.15, 0.2) is 89.5 Å². The zero-order chi connectivity index (χ0) is 23.7. The van der Waals surface area contributed by atoms with E-state index in [4.69, 9.17) is 21.4 Å². The molecule has 8 heteroatoms. The largest absolute Gasteiger partial charge is 0.465 e. The maximum atomic E-state index is 13.6. The van der Waals surface area contributed by atoms with Crippen molar-refractivity contribution in [3.8, 4) is 11.3 Å². The van der Waals surface area contributed by atoms with Crippen LogP contribution in [0, 0.1) is 5.82 Å². The second kappa shape index (κ2) is 9.07. The molecule has 1 N–H and O–H groups in total. The molecule has 1 aliphatic heterocycles. The third-order valence-corrected chi connectivity index (χ3v) is 6.03. The topological polar surface area (TPSA) is 67.6 Å². The van der Waals surface area contributed by atoms with Gasteiger partial charge < -0.3 is 19.4 Å². The van der Waals surface area contributed by atoms with Gasteiger partial charge in [-0.3, -0.25) is 4.98 Å². The number of methoxy groups -OCH3 is 1. The first-order valence-electron chi connectivity index (χ1n) is 10.6. The summed E-state index contributed by atoms with van der Waals surface area (Å²) < 4.78 is 24.9. The number of hydrogen-bond donors (Lipinski definition) is 1. The Morgan fingerprint density at radius 2 is 1.82 bits per heavy atom. The molecule has 0 saturated carbocycles. The fraction of sp³-hybridized carbons (Fsp3) is 0.115. The average molecular weight is 474 g/mol. The number of benzene rings is 2. The maximum Gasteiger partial charge on any atom is 0.338 e. The molecule has 2 aromatic carbocycles. The second-order valence-electron chi connectivity index (χ2n) is 7.71. The van der Waals surface area contributed by atoms with E-state index in [2.05, 4.69) is 10.3 Å². The number of furan rings is 1. The molecule has 2 aromatic heterocycles. The predicted octanol–water partition coefficient (Wildman–Crippen LogP) is 5.44. The minimum Gasteiger partial charge on any atom is -0.465 e. The highest BCUT2D eigenvalue weighted by Crippen LogP contribution is 2.43. The molecule has 1 fully saturated rings.